The molecule has 1 heterocycles. The zero-order valence-corrected chi connectivity index (χ0v) is 8.57. The van der Waals surface area contributed by atoms with E-state index in [9.17, 15) is 4.79 Å². The topological polar surface area (TPSA) is 68.0 Å². The van der Waals surface area contributed by atoms with E-state index in [1.165, 1.54) is 19.3 Å². The van der Waals surface area contributed by atoms with Crippen LogP contribution in [0.4, 0.5) is 0 Å². The Morgan fingerprint density at radius 2 is 2.33 bits per heavy atom. The maximum atomic E-state index is 10.8. The molecule has 1 aromatic rings. The third kappa shape index (κ3) is 2.53. The lowest BCUT2D eigenvalue weighted by molar-refractivity contribution is 0.0995. The Bertz CT molecular complexity index is 343. The van der Waals surface area contributed by atoms with E-state index < -0.39 is 5.91 Å². The Hall–Kier alpha value is -1.42. The summed E-state index contributed by atoms with van der Waals surface area (Å²) in [6.07, 6.45) is 5.57. The Kier molecular flexibility index (Phi) is 2.97. The van der Waals surface area contributed by atoms with Gasteiger partial charge in [-0.3, -0.25) is 9.78 Å². The molecule has 1 aromatic heterocycles. The van der Waals surface area contributed by atoms with Gasteiger partial charge < -0.3 is 11.1 Å². The average molecular weight is 205 g/mol. The van der Waals surface area contributed by atoms with Gasteiger partial charge in [-0.2, -0.15) is 0 Å². The van der Waals surface area contributed by atoms with Gasteiger partial charge in [-0.15, -0.1) is 0 Å². The highest BCUT2D eigenvalue weighted by Gasteiger charge is 2.15. The average Bonchev–Trinajstić information content (AvgIpc) is 2.16. The van der Waals surface area contributed by atoms with Gasteiger partial charge in [0.05, 0.1) is 0 Å². The van der Waals surface area contributed by atoms with Crippen molar-refractivity contribution in [2.75, 3.05) is 0 Å². The van der Waals surface area contributed by atoms with Gasteiger partial charge in [0.25, 0.3) is 5.91 Å². The van der Waals surface area contributed by atoms with Crippen molar-refractivity contribution in [3.63, 3.8) is 0 Å². The zero-order valence-electron chi connectivity index (χ0n) is 8.57. The highest BCUT2D eigenvalue weighted by Crippen LogP contribution is 2.18. The third-order valence-corrected chi connectivity index (χ3v) is 2.78. The highest BCUT2D eigenvalue weighted by molar-refractivity contribution is 5.90. The van der Waals surface area contributed by atoms with E-state index in [0.717, 1.165) is 12.1 Å². The van der Waals surface area contributed by atoms with E-state index in [1.54, 1.807) is 12.3 Å². The number of nitrogens with two attached hydrogens (primary N) is 1. The van der Waals surface area contributed by atoms with Crippen LogP contribution < -0.4 is 11.1 Å². The van der Waals surface area contributed by atoms with Crippen LogP contribution in [0.1, 0.15) is 35.3 Å². The minimum atomic E-state index is -0.478. The maximum absolute atomic E-state index is 10.8. The van der Waals surface area contributed by atoms with Gasteiger partial charge in [-0.1, -0.05) is 12.5 Å². The predicted octanol–water partition coefficient (Wildman–Crippen LogP) is 0.823. The fourth-order valence-corrected chi connectivity index (χ4v) is 1.55. The lowest BCUT2D eigenvalue weighted by Crippen LogP contribution is -2.34. The molecule has 0 radical (unpaired) electrons. The van der Waals surface area contributed by atoms with Gasteiger partial charge in [-0.05, 0) is 24.5 Å². The maximum Gasteiger partial charge on any atom is 0.267 e. The quantitative estimate of drug-likeness (QED) is 0.764. The molecule has 0 bridgehead atoms. The fraction of sp³-hybridized carbons (Fsp3) is 0.455. The van der Waals surface area contributed by atoms with E-state index in [2.05, 4.69) is 10.3 Å². The molecular weight excluding hydrogens is 190 g/mol. The molecule has 1 aliphatic carbocycles. The molecule has 0 atom stereocenters. The summed E-state index contributed by atoms with van der Waals surface area (Å²) >= 11 is 0. The monoisotopic (exact) mass is 205 g/mol. The Balaban J connectivity index is 1.88. The molecule has 15 heavy (non-hydrogen) atoms. The van der Waals surface area contributed by atoms with Crippen molar-refractivity contribution >= 4 is 5.91 Å². The van der Waals surface area contributed by atoms with Gasteiger partial charge in [0.1, 0.15) is 5.69 Å². The smallest absolute Gasteiger partial charge is 0.267 e. The first-order chi connectivity index (χ1) is 7.25. The number of rotatable bonds is 4. The lowest BCUT2D eigenvalue weighted by Gasteiger charge is -2.26. The van der Waals surface area contributed by atoms with Crippen molar-refractivity contribution in [1.29, 1.82) is 0 Å². The second kappa shape index (κ2) is 4.40. The summed E-state index contributed by atoms with van der Waals surface area (Å²) in [4.78, 5) is 14.8. The van der Waals surface area contributed by atoms with E-state index in [4.69, 9.17) is 5.73 Å². The summed E-state index contributed by atoms with van der Waals surface area (Å²) in [6.45, 7) is 0.816. The summed E-state index contributed by atoms with van der Waals surface area (Å²) in [7, 11) is 0. The van der Waals surface area contributed by atoms with E-state index in [1.807, 2.05) is 6.07 Å². The molecular formula is C11H15N3O. The van der Waals surface area contributed by atoms with E-state index in [-0.39, 0.29) is 0 Å². The number of primary amides is 1. The number of aromatic nitrogens is 1. The second-order valence-corrected chi connectivity index (χ2v) is 3.92. The number of amides is 1. The molecule has 1 aliphatic rings. The van der Waals surface area contributed by atoms with Crippen LogP contribution in [0, 0.1) is 0 Å². The lowest BCUT2D eigenvalue weighted by atomic mass is 9.93. The number of nitrogens with one attached hydrogen (secondary N) is 1. The number of pyridine rings is 1. The molecule has 1 fully saturated rings. The summed E-state index contributed by atoms with van der Waals surface area (Å²) in [5.74, 6) is -0.478. The number of nitrogens with zero attached hydrogens (tertiary/aromatic N) is 1. The van der Waals surface area contributed by atoms with Crippen molar-refractivity contribution in [2.24, 2.45) is 5.73 Å². The predicted molar refractivity (Wildman–Crippen MR) is 57.2 cm³/mol. The second-order valence-electron chi connectivity index (χ2n) is 3.92. The Morgan fingerprint density at radius 1 is 1.53 bits per heavy atom. The highest BCUT2D eigenvalue weighted by atomic mass is 16.1. The zero-order chi connectivity index (χ0) is 10.7. The first-order valence-electron chi connectivity index (χ1n) is 5.24. The van der Waals surface area contributed by atoms with Gasteiger partial charge in [0.2, 0.25) is 0 Å². The van der Waals surface area contributed by atoms with Gasteiger partial charge in [-0.25, -0.2) is 0 Å². The van der Waals surface area contributed by atoms with E-state index >= 15 is 0 Å². The summed E-state index contributed by atoms with van der Waals surface area (Å²) < 4.78 is 0. The van der Waals surface area contributed by atoms with Crippen molar-refractivity contribution < 1.29 is 4.79 Å². The molecule has 4 nitrogen and oxygen atoms in total. The van der Waals surface area contributed by atoms with Crippen LogP contribution in [0.2, 0.25) is 0 Å². The number of hydrogen-bond acceptors (Lipinski definition) is 3. The number of hydrogen-bond donors (Lipinski definition) is 2. The van der Waals surface area contributed by atoms with Crippen LogP contribution in [0.25, 0.3) is 0 Å². The minimum Gasteiger partial charge on any atom is -0.364 e. The first-order valence-corrected chi connectivity index (χ1v) is 5.24. The Morgan fingerprint density at radius 3 is 2.80 bits per heavy atom. The molecule has 0 saturated heterocycles. The molecule has 1 amide bonds. The van der Waals surface area contributed by atoms with Crippen LogP contribution in [0.5, 0.6) is 0 Å². The summed E-state index contributed by atoms with van der Waals surface area (Å²) in [6, 6.07) is 4.22. The van der Waals surface area contributed by atoms with Crippen LogP contribution in [-0.2, 0) is 6.54 Å². The molecule has 0 aromatic carbocycles. The summed E-state index contributed by atoms with van der Waals surface area (Å²) in [5, 5.41) is 3.43. The van der Waals surface area contributed by atoms with Crippen molar-refractivity contribution in [3.05, 3.63) is 29.6 Å². The minimum absolute atomic E-state index is 0.322. The van der Waals surface area contributed by atoms with Crippen molar-refractivity contribution in [2.45, 2.75) is 31.8 Å². The SMILES string of the molecule is NC(=O)c1ccc(CNC2CCC2)cn1. The number of carbonyl (C=O) groups excluding carboxylic acids is 1. The van der Waals surface area contributed by atoms with Crippen LogP contribution in [0.15, 0.2) is 18.3 Å². The van der Waals surface area contributed by atoms with Gasteiger partial charge in [0, 0.05) is 18.8 Å². The molecule has 4 heteroatoms. The first kappa shape index (κ1) is 10.1. The van der Waals surface area contributed by atoms with Crippen LogP contribution in [-0.4, -0.2) is 16.9 Å². The molecule has 0 unspecified atom stereocenters. The molecule has 0 aliphatic heterocycles. The normalized spacial score (nSPS) is 16.0. The summed E-state index contributed by atoms with van der Waals surface area (Å²) in [5.41, 5.74) is 6.51. The third-order valence-electron chi connectivity index (χ3n) is 2.78. The fourth-order valence-electron chi connectivity index (χ4n) is 1.55. The standard InChI is InChI=1S/C11H15N3O/c12-11(15)10-5-4-8(7-14-10)6-13-9-2-1-3-9/h4-5,7,9,13H,1-3,6H2,(H2,12,15). The molecule has 3 N–H and O–H groups in total. The molecule has 1 saturated carbocycles. The van der Waals surface area contributed by atoms with Crippen LogP contribution >= 0.6 is 0 Å². The van der Waals surface area contributed by atoms with E-state index in [0.29, 0.717) is 11.7 Å². The molecule has 2 rings (SSSR count). The largest absolute Gasteiger partial charge is 0.364 e. The van der Waals surface area contributed by atoms with Crippen LogP contribution in [0.3, 0.4) is 0 Å². The molecule has 80 valence electrons. The molecule has 0 spiro atoms. The number of carbonyl (C=O) groups is 1. The Labute approximate surface area is 88.9 Å². The van der Waals surface area contributed by atoms with Gasteiger partial charge in [0.15, 0.2) is 0 Å². The van der Waals surface area contributed by atoms with Gasteiger partial charge >= 0.3 is 0 Å². The van der Waals surface area contributed by atoms with Crippen molar-refractivity contribution in [3.8, 4) is 0 Å². The van der Waals surface area contributed by atoms with Crippen molar-refractivity contribution in [1.82, 2.24) is 10.3 Å².